The maximum absolute atomic E-state index is 11.3. The summed E-state index contributed by atoms with van der Waals surface area (Å²) < 4.78 is 0. The van der Waals surface area contributed by atoms with Crippen LogP contribution in [-0.4, -0.2) is 35.6 Å². The molecule has 0 amide bonds. The lowest BCUT2D eigenvalue weighted by Gasteiger charge is -2.20. The predicted octanol–water partition coefficient (Wildman–Crippen LogP) is 2.26. The molecule has 1 aromatic carbocycles. The van der Waals surface area contributed by atoms with Crippen LogP contribution in [-0.2, 0) is 4.79 Å². The fraction of sp³-hybridized carbons (Fsp3) is 0.500. The number of hydrogen-bond acceptors (Lipinski definition) is 2. The maximum atomic E-state index is 11.3. The van der Waals surface area contributed by atoms with Crippen LogP contribution in [0.4, 0.5) is 0 Å². The van der Waals surface area contributed by atoms with E-state index in [2.05, 4.69) is 4.90 Å². The molecule has 3 heteroatoms. The van der Waals surface area contributed by atoms with Gasteiger partial charge in [-0.2, -0.15) is 0 Å². The van der Waals surface area contributed by atoms with Crippen molar-refractivity contribution in [2.24, 2.45) is 0 Å². The highest BCUT2D eigenvalue weighted by Gasteiger charge is 2.24. The average molecular weight is 233 g/mol. The van der Waals surface area contributed by atoms with Crippen molar-refractivity contribution in [1.29, 1.82) is 0 Å². The van der Waals surface area contributed by atoms with Crippen LogP contribution in [0.25, 0.3) is 0 Å². The molecule has 1 fully saturated rings. The number of benzene rings is 1. The van der Waals surface area contributed by atoms with E-state index in [0.717, 1.165) is 18.7 Å². The Morgan fingerprint density at radius 2 is 1.88 bits per heavy atom. The molecule has 0 radical (unpaired) electrons. The van der Waals surface area contributed by atoms with Crippen LogP contribution < -0.4 is 0 Å². The second kappa shape index (κ2) is 5.32. The standard InChI is InChI=1S/C14H19NO2/c1-11-4-6-12(7-5-11)13(14(16)17)10-15-8-2-3-9-15/h4-7,13H,2-3,8-10H2,1H3,(H,16,17). The van der Waals surface area contributed by atoms with Gasteiger partial charge in [-0.25, -0.2) is 0 Å². The predicted molar refractivity (Wildman–Crippen MR) is 67.2 cm³/mol. The van der Waals surface area contributed by atoms with E-state index in [1.807, 2.05) is 31.2 Å². The zero-order valence-corrected chi connectivity index (χ0v) is 10.2. The van der Waals surface area contributed by atoms with E-state index in [4.69, 9.17) is 0 Å². The number of carboxylic acids is 1. The zero-order valence-electron chi connectivity index (χ0n) is 10.2. The number of nitrogens with zero attached hydrogens (tertiary/aromatic N) is 1. The quantitative estimate of drug-likeness (QED) is 0.867. The molecular weight excluding hydrogens is 214 g/mol. The molecule has 1 N–H and O–H groups in total. The molecule has 1 atom stereocenters. The molecule has 0 bridgehead atoms. The van der Waals surface area contributed by atoms with Crippen molar-refractivity contribution in [1.82, 2.24) is 4.90 Å². The normalized spacial score (nSPS) is 18.2. The summed E-state index contributed by atoms with van der Waals surface area (Å²) in [4.78, 5) is 13.6. The van der Waals surface area contributed by atoms with Crippen LogP contribution >= 0.6 is 0 Å². The molecule has 92 valence electrons. The summed E-state index contributed by atoms with van der Waals surface area (Å²) >= 11 is 0. The average Bonchev–Trinajstić information content (AvgIpc) is 2.80. The number of aliphatic carboxylic acids is 1. The van der Waals surface area contributed by atoms with E-state index >= 15 is 0 Å². The third-order valence-electron chi connectivity index (χ3n) is 3.42. The molecule has 1 unspecified atom stereocenters. The van der Waals surface area contributed by atoms with Crippen LogP contribution in [0.2, 0.25) is 0 Å². The molecular formula is C14H19NO2. The Morgan fingerprint density at radius 3 is 2.41 bits per heavy atom. The second-order valence-corrected chi connectivity index (χ2v) is 4.81. The van der Waals surface area contributed by atoms with Crippen LogP contribution in [0.3, 0.4) is 0 Å². The lowest BCUT2D eigenvalue weighted by atomic mass is 9.98. The molecule has 0 aliphatic carbocycles. The van der Waals surface area contributed by atoms with Crippen molar-refractivity contribution in [3.05, 3.63) is 35.4 Å². The van der Waals surface area contributed by atoms with Crippen LogP contribution in [0.15, 0.2) is 24.3 Å². The first kappa shape index (κ1) is 12.1. The fourth-order valence-electron chi connectivity index (χ4n) is 2.35. The van der Waals surface area contributed by atoms with Gasteiger partial charge in [0.05, 0.1) is 5.92 Å². The Bertz CT molecular complexity index is 380. The summed E-state index contributed by atoms with van der Waals surface area (Å²) in [6.07, 6.45) is 2.39. The number of likely N-dealkylation sites (tertiary alicyclic amines) is 1. The first-order valence-corrected chi connectivity index (χ1v) is 6.18. The van der Waals surface area contributed by atoms with Gasteiger partial charge in [-0.3, -0.25) is 4.79 Å². The monoisotopic (exact) mass is 233 g/mol. The van der Waals surface area contributed by atoms with Gasteiger partial charge in [0.1, 0.15) is 0 Å². The Hall–Kier alpha value is -1.35. The van der Waals surface area contributed by atoms with Crippen molar-refractivity contribution < 1.29 is 9.90 Å². The van der Waals surface area contributed by atoms with Gasteiger partial charge < -0.3 is 10.0 Å². The van der Waals surface area contributed by atoms with Gasteiger partial charge in [0, 0.05) is 6.54 Å². The number of carbonyl (C=O) groups is 1. The summed E-state index contributed by atoms with van der Waals surface area (Å²) in [5.74, 6) is -1.12. The van der Waals surface area contributed by atoms with Gasteiger partial charge in [-0.05, 0) is 38.4 Å². The minimum Gasteiger partial charge on any atom is -0.481 e. The van der Waals surface area contributed by atoms with Gasteiger partial charge in [-0.15, -0.1) is 0 Å². The molecule has 1 aromatic rings. The summed E-state index contributed by atoms with van der Waals surface area (Å²) in [7, 11) is 0. The van der Waals surface area contributed by atoms with Gasteiger partial charge in [0.2, 0.25) is 0 Å². The lowest BCUT2D eigenvalue weighted by Crippen LogP contribution is -2.29. The summed E-state index contributed by atoms with van der Waals surface area (Å²) in [6, 6.07) is 7.83. The third kappa shape index (κ3) is 3.07. The van der Waals surface area contributed by atoms with Crippen molar-refractivity contribution in [3.8, 4) is 0 Å². The molecule has 1 saturated heterocycles. The first-order chi connectivity index (χ1) is 8.16. The van der Waals surface area contributed by atoms with Gasteiger partial charge in [0.25, 0.3) is 0 Å². The van der Waals surface area contributed by atoms with Crippen LogP contribution in [0, 0.1) is 6.92 Å². The van der Waals surface area contributed by atoms with Crippen molar-refractivity contribution >= 4 is 5.97 Å². The third-order valence-corrected chi connectivity index (χ3v) is 3.42. The molecule has 1 aliphatic rings. The second-order valence-electron chi connectivity index (χ2n) is 4.81. The van der Waals surface area contributed by atoms with E-state index in [-0.39, 0.29) is 0 Å². The van der Waals surface area contributed by atoms with E-state index in [1.54, 1.807) is 0 Å². The summed E-state index contributed by atoms with van der Waals surface area (Å²) in [6.45, 7) is 4.73. The summed E-state index contributed by atoms with van der Waals surface area (Å²) in [5, 5.41) is 9.33. The number of rotatable bonds is 4. The Balaban J connectivity index is 2.10. The summed E-state index contributed by atoms with van der Waals surface area (Å²) in [5.41, 5.74) is 2.08. The Kier molecular flexibility index (Phi) is 3.79. The van der Waals surface area contributed by atoms with Gasteiger partial charge in [0.15, 0.2) is 0 Å². The molecule has 1 heterocycles. The molecule has 1 aliphatic heterocycles. The molecule has 0 aromatic heterocycles. The van der Waals surface area contributed by atoms with E-state index in [1.165, 1.54) is 18.4 Å². The maximum Gasteiger partial charge on any atom is 0.312 e. The lowest BCUT2D eigenvalue weighted by molar-refractivity contribution is -0.139. The number of hydrogen-bond donors (Lipinski definition) is 1. The number of aryl methyl sites for hydroxylation is 1. The minimum absolute atomic E-state index is 0.395. The van der Waals surface area contributed by atoms with Crippen LogP contribution in [0.5, 0.6) is 0 Å². The van der Waals surface area contributed by atoms with Gasteiger partial charge >= 0.3 is 5.97 Å². The van der Waals surface area contributed by atoms with Crippen molar-refractivity contribution in [2.45, 2.75) is 25.7 Å². The van der Waals surface area contributed by atoms with E-state index in [9.17, 15) is 9.90 Å². The highest BCUT2D eigenvalue weighted by Crippen LogP contribution is 2.20. The topological polar surface area (TPSA) is 40.5 Å². The first-order valence-electron chi connectivity index (χ1n) is 6.18. The molecule has 0 spiro atoms. The van der Waals surface area contributed by atoms with Crippen LogP contribution in [0.1, 0.15) is 29.9 Å². The Labute approximate surface area is 102 Å². The molecule has 0 saturated carbocycles. The van der Waals surface area contributed by atoms with Gasteiger partial charge in [-0.1, -0.05) is 29.8 Å². The van der Waals surface area contributed by atoms with E-state index < -0.39 is 11.9 Å². The van der Waals surface area contributed by atoms with E-state index in [0.29, 0.717) is 6.54 Å². The highest BCUT2D eigenvalue weighted by atomic mass is 16.4. The van der Waals surface area contributed by atoms with Crippen molar-refractivity contribution in [2.75, 3.05) is 19.6 Å². The molecule has 2 rings (SSSR count). The molecule has 3 nitrogen and oxygen atoms in total. The Morgan fingerprint density at radius 1 is 1.29 bits per heavy atom. The largest absolute Gasteiger partial charge is 0.481 e. The highest BCUT2D eigenvalue weighted by molar-refractivity contribution is 5.76. The SMILES string of the molecule is Cc1ccc(C(CN2CCCC2)C(=O)O)cc1. The fourth-order valence-corrected chi connectivity index (χ4v) is 2.35. The number of carboxylic acid groups (broad SMARTS) is 1. The minimum atomic E-state index is -0.722. The zero-order chi connectivity index (χ0) is 12.3. The molecule has 17 heavy (non-hydrogen) atoms. The smallest absolute Gasteiger partial charge is 0.312 e. The van der Waals surface area contributed by atoms with Crippen molar-refractivity contribution in [3.63, 3.8) is 0 Å².